The van der Waals surface area contributed by atoms with Crippen molar-refractivity contribution in [2.45, 2.75) is 6.54 Å². The van der Waals surface area contributed by atoms with Gasteiger partial charge in [-0.2, -0.15) is 0 Å². The molecule has 0 aliphatic heterocycles. The fraction of sp³-hybridized carbons (Fsp3) is 0.0526. The molecule has 6 nitrogen and oxygen atoms in total. The summed E-state index contributed by atoms with van der Waals surface area (Å²) in [7, 11) is 0. The summed E-state index contributed by atoms with van der Waals surface area (Å²) >= 11 is 0. The van der Waals surface area contributed by atoms with Gasteiger partial charge in [0.2, 0.25) is 0 Å². The molecule has 342 valence electrons. The highest BCUT2D eigenvalue weighted by Crippen LogP contribution is 2.30. The van der Waals surface area contributed by atoms with Gasteiger partial charge in [-0.1, -0.05) is 30.3 Å². The van der Waals surface area contributed by atoms with E-state index in [1.807, 2.05) is 34.9 Å². The highest BCUT2D eigenvalue weighted by atomic mass is 19.2. The summed E-state index contributed by atoms with van der Waals surface area (Å²) in [4.78, 5) is 20.9. The summed E-state index contributed by atoms with van der Waals surface area (Å²) < 4.78 is 300. The maximum Gasteiger partial charge on any atom is 0.347 e. The first-order valence-electron chi connectivity index (χ1n) is 16.9. The minimum atomic E-state index is -7.22. The van der Waals surface area contributed by atoms with Gasteiger partial charge in [0.05, 0.1) is 10.5 Å². The number of esters is 1. The van der Waals surface area contributed by atoms with E-state index in [-0.39, 0.29) is 5.56 Å². The molecular formula is C38H13BF20N2O4. The fourth-order valence-corrected chi connectivity index (χ4v) is 6.56. The van der Waals surface area contributed by atoms with Gasteiger partial charge in [0, 0.05) is 17.7 Å². The molecule has 0 bridgehead atoms. The van der Waals surface area contributed by atoms with Crippen molar-refractivity contribution >= 4 is 34.0 Å². The number of rotatable bonds is 9. The lowest BCUT2D eigenvalue weighted by atomic mass is 9.12. The fourth-order valence-electron chi connectivity index (χ4n) is 6.56. The smallest absolute Gasteiger partial charge is 0.347 e. The molecule has 0 amide bonds. The Labute approximate surface area is 346 Å². The minimum Gasteiger partial charge on any atom is -0.397 e. The first kappa shape index (κ1) is 48.8. The second-order valence-electron chi connectivity index (χ2n) is 12.9. The summed E-state index contributed by atoms with van der Waals surface area (Å²) in [5, 5.41) is 10.1. The number of carbonyl (C=O) groups excluding carboxylic acids is 1. The van der Waals surface area contributed by atoms with E-state index in [0.29, 0.717) is 6.54 Å². The molecule has 27 heteroatoms. The molecule has 0 spiro atoms. The van der Waals surface area contributed by atoms with Crippen molar-refractivity contribution in [1.82, 2.24) is 0 Å². The second kappa shape index (κ2) is 18.5. The average Bonchev–Trinajstić information content (AvgIpc) is 3.28. The van der Waals surface area contributed by atoms with Gasteiger partial charge in [-0.15, -0.1) is 21.9 Å². The zero-order valence-corrected chi connectivity index (χ0v) is 30.8. The van der Waals surface area contributed by atoms with Gasteiger partial charge in [-0.3, -0.25) is 10.1 Å². The molecule has 65 heavy (non-hydrogen) atoms. The lowest BCUT2D eigenvalue weighted by Gasteiger charge is -2.44. The zero-order valence-electron chi connectivity index (χ0n) is 30.8. The third-order valence-corrected chi connectivity index (χ3v) is 9.34. The number of pyridine rings is 1. The summed E-state index contributed by atoms with van der Waals surface area (Å²) in [6.45, 7) is -0.136. The number of carbonyl (C=O) groups is 1. The summed E-state index contributed by atoms with van der Waals surface area (Å²) in [5.41, 5.74) is -12.9. The number of hydrogen-bond donors (Lipinski definition) is 0. The molecule has 1 heterocycles. The van der Waals surface area contributed by atoms with E-state index in [9.17, 15) is 67.6 Å². The Morgan fingerprint density at radius 1 is 0.446 bits per heavy atom. The van der Waals surface area contributed by atoms with Crippen molar-refractivity contribution in [3.8, 4) is 0 Å². The molecule has 0 saturated heterocycles. The molecule has 0 fully saturated rings. The predicted molar refractivity (Wildman–Crippen MR) is 179 cm³/mol. The van der Waals surface area contributed by atoms with Crippen LogP contribution in [0.15, 0.2) is 54.9 Å². The molecule has 1 aromatic heterocycles. The number of aromatic nitrogens is 1. The second-order valence-corrected chi connectivity index (χ2v) is 12.9. The van der Waals surface area contributed by atoms with E-state index in [4.69, 9.17) is 0 Å². The molecule has 6 aromatic rings. The van der Waals surface area contributed by atoms with Gasteiger partial charge in [-0.05, 0) is 0 Å². The normalized spacial score (nSPS) is 11.4. The zero-order chi connectivity index (χ0) is 48.7. The largest absolute Gasteiger partial charge is 0.397 e. The molecular weight excluding hydrogens is 939 g/mol. The van der Waals surface area contributed by atoms with Crippen LogP contribution in [0.4, 0.5) is 87.8 Å². The highest BCUT2D eigenvalue weighted by Gasteiger charge is 2.52. The van der Waals surface area contributed by atoms with Crippen LogP contribution in [0.5, 0.6) is 0 Å². The molecule has 0 aliphatic carbocycles. The monoisotopic (exact) mass is 952 g/mol. The van der Waals surface area contributed by atoms with Crippen LogP contribution < -0.4 is 26.4 Å². The minimum absolute atomic E-state index is 0.288. The van der Waals surface area contributed by atoms with Crippen LogP contribution in [-0.2, 0) is 11.3 Å². The summed E-state index contributed by atoms with van der Waals surface area (Å²) in [6, 6.07) is 13.0. The van der Waals surface area contributed by atoms with Crippen molar-refractivity contribution in [2.24, 2.45) is 0 Å². The van der Waals surface area contributed by atoms with E-state index in [1.165, 1.54) is 0 Å². The van der Waals surface area contributed by atoms with Gasteiger partial charge in [0.25, 0.3) is 0 Å². The molecule has 0 atom stereocenters. The Morgan fingerprint density at radius 2 is 0.708 bits per heavy atom. The first-order chi connectivity index (χ1) is 30.3. The lowest BCUT2D eigenvalue weighted by molar-refractivity contribution is -0.688. The van der Waals surface area contributed by atoms with E-state index in [1.54, 1.807) is 24.5 Å². The van der Waals surface area contributed by atoms with Gasteiger partial charge in [0.15, 0.2) is 88.7 Å². The van der Waals surface area contributed by atoms with Gasteiger partial charge in [0.1, 0.15) is 52.7 Å². The van der Waals surface area contributed by atoms with E-state index in [0.717, 1.165) is 5.56 Å². The molecule has 6 rings (SSSR count). The van der Waals surface area contributed by atoms with Crippen LogP contribution in [0, 0.1) is 126 Å². The van der Waals surface area contributed by atoms with Crippen molar-refractivity contribution in [3.63, 3.8) is 0 Å². The number of nitrogens with zero attached hydrogens (tertiary/aromatic N) is 2. The van der Waals surface area contributed by atoms with Gasteiger partial charge >= 0.3 is 12.7 Å². The van der Waals surface area contributed by atoms with Crippen molar-refractivity contribution in [1.29, 1.82) is 0 Å². The van der Waals surface area contributed by atoms with Crippen LogP contribution in [0.2, 0.25) is 0 Å². The van der Waals surface area contributed by atoms with Crippen molar-refractivity contribution in [2.75, 3.05) is 6.73 Å². The SMILES string of the molecule is Fc1c(F)c(F)c([B-](c2c(F)c(F)c(F)c(F)c2F)(c2c(F)c(F)c(F)c(F)c2F)c2c(F)c(F)c(F)c(F)c2F)c(F)c1F.O=C(OC[N+](=O)[O-])c1cc[n+](Cc2ccccc2)cc1. The number of hydrogen-bond acceptors (Lipinski definition) is 4. The van der Waals surface area contributed by atoms with Crippen LogP contribution in [-0.4, -0.2) is 23.8 Å². The molecule has 5 aromatic carbocycles. The number of benzene rings is 5. The molecule has 0 radical (unpaired) electrons. The van der Waals surface area contributed by atoms with E-state index in [2.05, 4.69) is 4.74 Å². The Kier molecular flexibility index (Phi) is 13.9. The topological polar surface area (TPSA) is 73.3 Å². The molecule has 0 unspecified atom stereocenters. The lowest BCUT2D eigenvalue weighted by Crippen LogP contribution is -2.81. The molecule has 0 saturated carbocycles. The van der Waals surface area contributed by atoms with E-state index < -0.39 is 162 Å². The van der Waals surface area contributed by atoms with Crippen molar-refractivity contribution in [3.05, 3.63) is 192 Å². The standard InChI is InChI=1S/C24BF20.C14H13N2O4/c26-5-1(6(27)14(35)21(42)13(5)34)25(2-7(28)15(36)22(43)16(37)8(2)29,3-9(30)17(38)23(44)18(39)10(3)31)4-11(32)19(40)24(45)20(41)12(4)33;17-14(20-11-16(18)19)13-6-8-15(9-7-13)10-12-4-2-1-3-5-12/h;1-9H,10-11H2/q-1;+1. The Balaban J connectivity index is 0.000000330. The van der Waals surface area contributed by atoms with E-state index >= 15 is 35.1 Å². The number of ether oxygens (including phenoxy) is 1. The quantitative estimate of drug-likeness (QED) is 0.0176. The molecule has 0 N–H and O–H groups in total. The summed E-state index contributed by atoms with van der Waals surface area (Å²) in [6.07, 6.45) is -3.75. The van der Waals surface area contributed by atoms with Crippen LogP contribution in [0.3, 0.4) is 0 Å². The third-order valence-electron chi connectivity index (χ3n) is 9.34. The number of halogens is 20. The maximum atomic E-state index is 15.4. The Morgan fingerprint density at radius 3 is 0.969 bits per heavy atom. The first-order valence-corrected chi connectivity index (χ1v) is 16.9. The Hall–Kier alpha value is -7.22. The van der Waals surface area contributed by atoms with Crippen LogP contribution in [0.25, 0.3) is 0 Å². The average molecular weight is 952 g/mol. The van der Waals surface area contributed by atoms with Crippen LogP contribution >= 0.6 is 0 Å². The highest BCUT2D eigenvalue weighted by molar-refractivity contribution is 7.20. The predicted octanol–water partition coefficient (Wildman–Crippen LogP) is 7.26. The third kappa shape index (κ3) is 8.24. The van der Waals surface area contributed by atoms with Gasteiger partial charge in [-0.25, -0.2) is 97.2 Å². The number of nitro groups is 1. The molecule has 0 aliphatic rings. The summed E-state index contributed by atoms with van der Waals surface area (Å²) in [5.74, 6) is -72.1. The van der Waals surface area contributed by atoms with Crippen LogP contribution in [0.1, 0.15) is 15.9 Å². The van der Waals surface area contributed by atoms with Crippen molar-refractivity contribution < 1.29 is 107 Å². The maximum absolute atomic E-state index is 15.4. The van der Waals surface area contributed by atoms with Gasteiger partial charge < -0.3 is 4.74 Å². The Bertz CT molecular complexity index is 2520.